The van der Waals surface area contributed by atoms with Crippen LogP contribution in [-0.2, 0) is 11.2 Å². The summed E-state index contributed by atoms with van der Waals surface area (Å²) in [5.74, 6) is 0.686. The molecule has 104 valence electrons. The molecule has 1 saturated carbocycles. The fraction of sp³-hybridized carbons (Fsp3) is 0.333. The Bertz CT molecular complexity index is 621. The lowest BCUT2D eigenvalue weighted by Crippen LogP contribution is -2.28. The number of amides is 1. The molecular formula is C15H15FN2O2. The van der Waals surface area contributed by atoms with E-state index in [9.17, 15) is 9.18 Å². The van der Waals surface area contributed by atoms with Crippen LogP contribution >= 0.6 is 0 Å². The number of aromatic nitrogens is 1. The number of nitrogens with one attached hydrogen (secondary N) is 1. The Hall–Kier alpha value is -2.17. The van der Waals surface area contributed by atoms with E-state index in [0.29, 0.717) is 17.4 Å². The standard InChI is InChI=1S/C15H15FN2O2/c1-9-6-12(18-20-9)7-15(19)17-14-8-13(14)10-2-4-11(16)5-3-10/h2-6,13-14H,7-8H2,1H3,(H,17,19)/t13-,14+/m0/s1. The second kappa shape index (κ2) is 5.07. The van der Waals surface area contributed by atoms with Crippen molar-refractivity contribution in [2.45, 2.75) is 31.7 Å². The molecule has 5 heteroatoms. The van der Waals surface area contributed by atoms with E-state index in [1.165, 1.54) is 12.1 Å². The van der Waals surface area contributed by atoms with Gasteiger partial charge < -0.3 is 9.84 Å². The zero-order chi connectivity index (χ0) is 14.1. The zero-order valence-electron chi connectivity index (χ0n) is 11.1. The molecule has 1 heterocycles. The highest BCUT2D eigenvalue weighted by atomic mass is 19.1. The molecule has 20 heavy (non-hydrogen) atoms. The quantitative estimate of drug-likeness (QED) is 0.931. The van der Waals surface area contributed by atoms with Crippen molar-refractivity contribution < 1.29 is 13.7 Å². The average Bonchev–Trinajstić information content (AvgIpc) is 3.04. The summed E-state index contributed by atoms with van der Waals surface area (Å²) in [6, 6.07) is 8.33. The van der Waals surface area contributed by atoms with Crippen LogP contribution in [0.4, 0.5) is 4.39 Å². The largest absolute Gasteiger partial charge is 0.361 e. The zero-order valence-corrected chi connectivity index (χ0v) is 11.1. The maximum Gasteiger partial charge on any atom is 0.226 e. The summed E-state index contributed by atoms with van der Waals surface area (Å²) in [6.45, 7) is 1.79. The van der Waals surface area contributed by atoms with Crippen LogP contribution in [0.15, 0.2) is 34.9 Å². The highest BCUT2D eigenvalue weighted by Gasteiger charge is 2.39. The number of benzene rings is 1. The number of carbonyl (C=O) groups is 1. The predicted molar refractivity (Wildman–Crippen MR) is 70.6 cm³/mol. The minimum Gasteiger partial charge on any atom is -0.361 e. The SMILES string of the molecule is Cc1cc(CC(=O)N[C@@H]2C[C@H]2c2ccc(F)cc2)no1. The molecule has 1 aliphatic rings. The number of rotatable bonds is 4. The third-order valence-corrected chi connectivity index (χ3v) is 3.45. The first-order chi connectivity index (χ1) is 9.61. The Kier molecular flexibility index (Phi) is 3.26. The highest BCUT2D eigenvalue weighted by molar-refractivity contribution is 5.79. The van der Waals surface area contributed by atoms with Crippen LogP contribution in [-0.4, -0.2) is 17.1 Å². The summed E-state index contributed by atoms with van der Waals surface area (Å²) in [6.07, 6.45) is 1.12. The number of halogens is 1. The van der Waals surface area contributed by atoms with Crippen molar-refractivity contribution in [2.24, 2.45) is 0 Å². The van der Waals surface area contributed by atoms with Gasteiger partial charge in [-0.15, -0.1) is 0 Å². The van der Waals surface area contributed by atoms with Crippen molar-refractivity contribution >= 4 is 5.91 Å². The summed E-state index contributed by atoms with van der Waals surface area (Å²) in [4.78, 5) is 11.9. The fourth-order valence-electron chi connectivity index (χ4n) is 2.36. The first-order valence-corrected chi connectivity index (χ1v) is 6.59. The van der Waals surface area contributed by atoms with E-state index in [1.54, 1.807) is 25.1 Å². The van der Waals surface area contributed by atoms with E-state index in [0.717, 1.165) is 12.0 Å². The molecule has 0 unspecified atom stereocenters. The van der Waals surface area contributed by atoms with Gasteiger partial charge in [-0.3, -0.25) is 4.79 Å². The van der Waals surface area contributed by atoms with E-state index in [4.69, 9.17) is 4.52 Å². The maximum absolute atomic E-state index is 12.8. The van der Waals surface area contributed by atoms with Crippen molar-refractivity contribution in [2.75, 3.05) is 0 Å². The van der Waals surface area contributed by atoms with Gasteiger partial charge in [0.15, 0.2) is 0 Å². The lowest BCUT2D eigenvalue weighted by molar-refractivity contribution is -0.120. The highest BCUT2D eigenvalue weighted by Crippen LogP contribution is 2.40. The minimum absolute atomic E-state index is 0.0621. The molecule has 1 N–H and O–H groups in total. The molecular weight excluding hydrogens is 259 g/mol. The molecule has 0 spiro atoms. The third kappa shape index (κ3) is 2.87. The van der Waals surface area contributed by atoms with Gasteiger partial charge in [-0.2, -0.15) is 0 Å². The molecule has 4 nitrogen and oxygen atoms in total. The van der Waals surface area contributed by atoms with Crippen LogP contribution in [0, 0.1) is 12.7 Å². The number of aryl methyl sites for hydroxylation is 1. The van der Waals surface area contributed by atoms with Gasteiger partial charge in [-0.05, 0) is 31.0 Å². The van der Waals surface area contributed by atoms with Crippen LogP contribution in [0.25, 0.3) is 0 Å². The Morgan fingerprint density at radius 3 is 2.85 bits per heavy atom. The van der Waals surface area contributed by atoms with Crippen LogP contribution < -0.4 is 5.32 Å². The predicted octanol–water partition coefficient (Wildman–Crippen LogP) is 2.34. The van der Waals surface area contributed by atoms with Crippen LogP contribution in [0.1, 0.15) is 29.4 Å². The van der Waals surface area contributed by atoms with Crippen LogP contribution in [0.2, 0.25) is 0 Å². The number of hydrogen-bond donors (Lipinski definition) is 1. The number of nitrogens with zero attached hydrogens (tertiary/aromatic N) is 1. The van der Waals surface area contributed by atoms with Gasteiger partial charge in [0.05, 0.1) is 12.1 Å². The normalized spacial score (nSPS) is 20.7. The Balaban J connectivity index is 1.52. The molecule has 3 rings (SSSR count). The van der Waals surface area contributed by atoms with E-state index in [-0.39, 0.29) is 24.2 Å². The maximum atomic E-state index is 12.8. The smallest absolute Gasteiger partial charge is 0.226 e. The summed E-state index contributed by atoms with van der Waals surface area (Å²) in [7, 11) is 0. The molecule has 2 atom stereocenters. The van der Waals surface area contributed by atoms with Gasteiger partial charge in [-0.25, -0.2) is 4.39 Å². The molecule has 0 bridgehead atoms. The molecule has 1 amide bonds. The molecule has 0 radical (unpaired) electrons. The van der Waals surface area contributed by atoms with E-state index >= 15 is 0 Å². The van der Waals surface area contributed by atoms with Crippen LogP contribution in [0.5, 0.6) is 0 Å². The third-order valence-electron chi connectivity index (χ3n) is 3.45. The summed E-state index contributed by atoms with van der Waals surface area (Å²) in [5.41, 5.74) is 1.70. The van der Waals surface area contributed by atoms with Crippen molar-refractivity contribution in [1.82, 2.24) is 10.5 Å². The van der Waals surface area contributed by atoms with Crippen molar-refractivity contribution in [1.29, 1.82) is 0 Å². The van der Waals surface area contributed by atoms with Crippen molar-refractivity contribution in [3.63, 3.8) is 0 Å². The van der Waals surface area contributed by atoms with Gasteiger partial charge in [-0.1, -0.05) is 17.3 Å². The van der Waals surface area contributed by atoms with Crippen molar-refractivity contribution in [3.8, 4) is 0 Å². The van der Waals surface area contributed by atoms with E-state index < -0.39 is 0 Å². The lowest BCUT2D eigenvalue weighted by Gasteiger charge is -2.03. The number of carbonyl (C=O) groups excluding carboxylic acids is 1. The Morgan fingerprint density at radius 2 is 2.20 bits per heavy atom. The molecule has 2 aromatic rings. The van der Waals surface area contributed by atoms with Crippen molar-refractivity contribution in [3.05, 3.63) is 53.2 Å². The second-order valence-corrected chi connectivity index (χ2v) is 5.17. The lowest BCUT2D eigenvalue weighted by atomic mass is 10.1. The minimum atomic E-state index is -0.239. The first kappa shape index (κ1) is 12.8. The summed E-state index contributed by atoms with van der Waals surface area (Å²) >= 11 is 0. The fourth-order valence-corrected chi connectivity index (χ4v) is 2.36. The molecule has 1 aromatic heterocycles. The van der Waals surface area contributed by atoms with Gasteiger partial charge in [0.2, 0.25) is 5.91 Å². The van der Waals surface area contributed by atoms with Gasteiger partial charge in [0, 0.05) is 18.0 Å². The molecule has 1 aromatic carbocycles. The average molecular weight is 274 g/mol. The molecule has 0 aliphatic heterocycles. The summed E-state index contributed by atoms with van der Waals surface area (Å²) in [5, 5.41) is 6.75. The molecule has 1 fully saturated rings. The number of hydrogen-bond acceptors (Lipinski definition) is 3. The molecule has 1 aliphatic carbocycles. The Morgan fingerprint density at radius 1 is 1.45 bits per heavy atom. The van der Waals surface area contributed by atoms with Gasteiger partial charge in [0.1, 0.15) is 11.6 Å². The second-order valence-electron chi connectivity index (χ2n) is 5.17. The first-order valence-electron chi connectivity index (χ1n) is 6.59. The van der Waals surface area contributed by atoms with Gasteiger partial charge in [0.25, 0.3) is 0 Å². The topological polar surface area (TPSA) is 55.1 Å². The van der Waals surface area contributed by atoms with E-state index in [2.05, 4.69) is 10.5 Å². The van der Waals surface area contributed by atoms with E-state index in [1.807, 2.05) is 0 Å². The summed E-state index contributed by atoms with van der Waals surface area (Å²) < 4.78 is 17.8. The van der Waals surface area contributed by atoms with Crippen LogP contribution in [0.3, 0.4) is 0 Å². The Labute approximate surface area is 116 Å². The monoisotopic (exact) mass is 274 g/mol. The van der Waals surface area contributed by atoms with Gasteiger partial charge >= 0.3 is 0 Å². The molecule has 0 saturated heterocycles.